The van der Waals surface area contributed by atoms with Crippen LogP contribution in [0.3, 0.4) is 0 Å². The summed E-state index contributed by atoms with van der Waals surface area (Å²) in [4.78, 5) is 4.15. The second kappa shape index (κ2) is 4.88. The van der Waals surface area contributed by atoms with Gasteiger partial charge in [-0.2, -0.15) is 0 Å². The molecule has 1 heterocycles. The van der Waals surface area contributed by atoms with Gasteiger partial charge in [0.15, 0.2) is 0 Å². The maximum absolute atomic E-state index is 4.15. The van der Waals surface area contributed by atoms with Crippen LogP contribution in [0.25, 0.3) is 0 Å². The van der Waals surface area contributed by atoms with Crippen LogP contribution in [0.1, 0.15) is 16.7 Å². The van der Waals surface area contributed by atoms with E-state index < -0.39 is 0 Å². The zero-order valence-electron chi connectivity index (χ0n) is 10.2. The van der Waals surface area contributed by atoms with Crippen LogP contribution in [0.5, 0.6) is 0 Å². The summed E-state index contributed by atoms with van der Waals surface area (Å²) < 4.78 is 0.977. The molecule has 1 N–H and O–H groups in total. The lowest BCUT2D eigenvalue weighted by molar-refractivity contribution is 1.27. The molecule has 0 atom stereocenters. The van der Waals surface area contributed by atoms with Crippen molar-refractivity contribution in [3.05, 3.63) is 51.8 Å². The van der Waals surface area contributed by atoms with E-state index in [9.17, 15) is 0 Å². The van der Waals surface area contributed by atoms with E-state index in [2.05, 4.69) is 59.1 Å². The third kappa shape index (κ3) is 2.86. The van der Waals surface area contributed by atoms with Gasteiger partial charge in [0.25, 0.3) is 0 Å². The quantitative estimate of drug-likeness (QED) is 0.880. The molecule has 3 heteroatoms. The number of hydrogen-bond donors (Lipinski definition) is 1. The van der Waals surface area contributed by atoms with E-state index in [0.717, 1.165) is 15.8 Å². The average Bonchev–Trinajstić information content (AvgIpc) is 2.23. The van der Waals surface area contributed by atoms with Gasteiger partial charge < -0.3 is 5.32 Å². The zero-order valence-corrected chi connectivity index (χ0v) is 11.8. The Bertz CT molecular complexity index is 527. The summed E-state index contributed by atoms with van der Waals surface area (Å²) in [6.07, 6.45) is 3.60. The van der Waals surface area contributed by atoms with Gasteiger partial charge in [0.05, 0.1) is 11.9 Å². The fraction of sp³-hybridized carbons (Fsp3) is 0.214. The Morgan fingerprint density at radius 2 is 1.65 bits per heavy atom. The van der Waals surface area contributed by atoms with Gasteiger partial charge in [-0.3, -0.25) is 4.98 Å². The first-order chi connectivity index (χ1) is 8.06. The monoisotopic (exact) mass is 290 g/mol. The second-order valence-corrected chi connectivity index (χ2v) is 5.21. The Hall–Kier alpha value is -1.35. The number of rotatable bonds is 2. The van der Waals surface area contributed by atoms with E-state index >= 15 is 0 Å². The van der Waals surface area contributed by atoms with Crippen molar-refractivity contribution in [3.63, 3.8) is 0 Å². The van der Waals surface area contributed by atoms with E-state index in [1.54, 1.807) is 6.20 Å². The van der Waals surface area contributed by atoms with E-state index in [0.29, 0.717) is 0 Å². The lowest BCUT2D eigenvalue weighted by Crippen LogP contribution is -1.97. The second-order valence-electron chi connectivity index (χ2n) is 4.29. The molecule has 88 valence electrons. The lowest BCUT2D eigenvalue weighted by atomic mass is 10.1. The standard InChI is InChI=1S/C14H15BrN2/c1-9-4-10(2)14(11(3)5-9)17-13-6-12(15)7-16-8-13/h4-8,17H,1-3H3. The van der Waals surface area contributed by atoms with Crippen molar-refractivity contribution in [2.24, 2.45) is 0 Å². The molecule has 0 aliphatic carbocycles. The molecule has 0 aliphatic heterocycles. The summed E-state index contributed by atoms with van der Waals surface area (Å²) >= 11 is 3.42. The summed E-state index contributed by atoms with van der Waals surface area (Å²) in [6.45, 7) is 6.35. The maximum Gasteiger partial charge on any atom is 0.0582 e. The van der Waals surface area contributed by atoms with Gasteiger partial charge in [-0.1, -0.05) is 17.7 Å². The number of nitrogens with zero attached hydrogens (tertiary/aromatic N) is 1. The lowest BCUT2D eigenvalue weighted by Gasteiger charge is -2.13. The molecule has 2 nitrogen and oxygen atoms in total. The molecule has 2 rings (SSSR count). The molecule has 0 fully saturated rings. The number of aryl methyl sites for hydroxylation is 3. The molecule has 0 bridgehead atoms. The highest BCUT2D eigenvalue weighted by Crippen LogP contribution is 2.26. The van der Waals surface area contributed by atoms with Gasteiger partial charge >= 0.3 is 0 Å². The average molecular weight is 291 g/mol. The van der Waals surface area contributed by atoms with Crippen molar-refractivity contribution in [1.29, 1.82) is 0 Å². The van der Waals surface area contributed by atoms with Gasteiger partial charge in [0, 0.05) is 16.4 Å². The highest BCUT2D eigenvalue weighted by atomic mass is 79.9. The van der Waals surface area contributed by atoms with Crippen LogP contribution in [0, 0.1) is 20.8 Å². The highest BCUT2D eigenvalue weighted by molar-refractivity contribution is 9.10. The smallest absolute Gasteiger partial charge is 0.0582 e. The van der Waals surface area contributed by atoms with Crippen molar-refractivity contribution in [2.45, 2.75) is 20.8 Å². The van der Waals surface area contributed by atoms with Crippen LogP contribution < -0.4 is 5.32 Å². The third-order valence-corrected chi connectivity index (χ3v) is 3.08. The van der Waals surface area contributed by atoms with Crippen LogP contribution in [-0.2, 0) is 0 Å². The molecule has 0 saturated heterocycles. The number of pyridine rings is 1. The molecule has 2 aromatic rings. The van der Waals surface area contributed by atoms with Gasteiger partial charge in [0.2, 0.25) is 0 Å². The Morgan fingerprint density at radius 1 is 1.00 bits per heavy atom. The van der Waals surface area contributed by atoms with Gasteiger partial charge in [-0.05, 0) is 53.9 Å². The summed E-state index contributed by atoms with van der Waals surface area (Å²) in [5, 5.41) is 3.42. The van der Waals surface area contributed by atoms with E-state index in [1.165, 1.54) is 16.7 Å². The first kappa shape index (κ1) is 12.1. The fourth-order valence-corrected chi connectivity index (χ4v) is 2.37. The first-order valence-electron chi connectivity index (χ1n) is 5.51. The minimum atomic E-state index is 0.977. The molecular formula is C14H15BrN2. The van der Waals surface area contributed by atoms with Gasteiger partial charge in [0.1, 0.15) is 0 Å². The zero-order chi connectivity index (χ0) is 12.4. The van der Waals surface area contributed by atoms with Crippen molar-refractivity contribution < 1.29 is 0 Å². The van der Waals surface area contributed by atoms with Crippen molar-refractivity contribution in [1.82, 2.24) is 4.98 Å². The number of aromatic nitrogens is 1. The van der Waals surface area contributed by atoms with Crippen LogP contribution in [0.2, 0.25) is 0 Å². The fourth-order valence-electron chi connectivity index (χ4n) is 2.00. The highest BCUT2D eigenvalue weighted by Gasteiger charge is 2.04. The summed E-state index contributed by atoms with van der Waals surface area (Å²) in [5.41, 5.74) is 5.95. The Balaban J connectivity index is 2.36. The van der Waals surface area contributed by atoms with Crippen LogP contribution in [0.4, 0.5) is 11.4 Å². The number of nitrogens with one attached hydrogen (secondary N) is 1. The van der Waals surface area contributed by atoms with Crippen LogP contribution >= 0.6 is 15.9 Å². The molecule has 1 aromatic carbocycles. The minimum Gasteiger partial charge on any atom is -0.354 e. The van der Waals surface area contributed by atoms with E-state index in [-0.39, 0.29) is 0 Å². The molecule has 17 heavy (non-hydrogen) atoms. The molecular weight excluding hydrogens is 276 g/mol. The molecule has 0 spiro atoms. The molecule has 0 saturated carbocycles. The number of halogens is 1. The molecule has 0 amide bonds. The van der Waals surface area contributed by atoms with Crippen molar-refractivity contribution in [3.8, 4) is 0 Å². The molecule has 0 unspecified atom stereocenters. The minimum absolute atomic E-state index is 0.977. The maximum atomic E-state index is 4.15. The van der Waals surface area contributed by atoms with E-state index in [1.807, 2.05) is 12.3 Å². The van der Waals surface area contributed by atoms with Crippen molar-refractivity contribution >= 4 is 27.3 Å². The molecule has 0 aliphatic rings. The topological polar surface area (TPSA) is 24.9 Å². The molecule has 0 radical (unpaired) electrons. The van der Waals surface area contributed by atoms with Crippen LogP contribution in [-0.4, -0.2) is 4.98 Å². The Morgan fingerprint density at radius 3 is 2.24 bits per heavy atom. The summed E-state index contributed by atoms with van der Waals surface area (Å²) in [7, 11) is 0. The number of anilines is 2. The van der Waals surface area contributed by atoms with E-state index in [4.69, 9.17) is 0 Å². The Kier molecular flexibility index (Phi) is 3.48. The SMILES string of the molecule is Cc1cc(C)c(Nc2cncc(Br)c2)c(C)c1. The largest absolute Gasteiger partial charge is 0.354 e. The predicted octanol–water partition coefficient (Wildman–Crippen LogP) is 4.51. The van der Waals surface area contributed by atoms with Gasteiger partial charge in [-0.15, -0.1) is 0 Å². The summed E-state index contributed by atoms with van der Waals surface area (Å²) in [5.74, 6) is 0. The summed E-state index contributed by atoms with van der Waals surface area (Å²) in [6, 6.07) is 6.38. The van der Waals surface area contributed by atoms with Crippen LogP contribution in [0.15, 0.2) is 35.1 Å². The normalized spacial score (nSPS) is 10.4. The predicted molar refractivity (Wildman–Crippen MR) is 75.9 cm³/mol. The number of benzene rings is 1. The number of hydrogen-bond acceptors (Lipinski definition) is 2. The Labute approximate surface area is 110 Å². The van der Waals surface area contributed by atoms with Crippen molar-refractivity contribution in [2.75, 3.05) is 5.32 Å². The molecule has 1 aromatic heterocycles. The third-order valence-electron chi connectivity index (χ3n) is 2.65. The van der Waals surface area contributed by atoms with Gasteiger partial charge in [-0.25, -0.2) is 0 Å². The first-order valence-corrected chi connectivity index (χ1v) is 6.31.